The van der Waals surface area contributed by atoms with E-state index in [1.165, 1.54) is 22.8 Å². The fraction of sp³-hybridized carbons (Fsp3) is 0.533. The number of benzene rings is 1. The van der Waals surface area contributed by atoms with Crippen molar-refractivity contribution < 1.29 is 4.79 Å². The molecule has 0 aliphatic rings. The largest absolute Gasteiger partial charge is 0.276 e. The van der Waals surface area contributed by atoms with Crippen LogP contribution in [0.3, 0.4) is 0 Å². The van der Waals surface area contributed by atoms with Gasteiger partial charge < -0.3 is 0 Å². The van der Waals surface area contributed by atoms with Crippen molar-refractivity contribution >= 4 is 39.4 Å². The molecular formula is C15H20ClIO. The Hall–Kier alpha value is -0.0900. The Kier molecular flexibility index (Phi) is 7.23. The van der Waals surface area contributed by atoms with Gasteiger partial charge in [0.2, 0.25) is 0 Å². The summed E-state index contributed by atoms with van der Waals surface area (Å²) < 4.78 is 1.17. The van der Waals surface area contributed by atoms with Gasteiger partial charge in [-0.25, -0.2) is 0 Å². The van der Waals surface area contributed by atoms with E-state index in [0.29, 0.717) is 11.5 Å². The molecule has 0 aliphatic heterocycles. The molecule has 1 aromatic rings. The molecule has 0 aromatic heterocycles. The molecule has 1 atom stereocenters. The molecule has 0 fully saturated rings. The third-order valence-corrected chi connectivity index (χ3v) is 4.19. The van der Waals surface area contributed by atoms with Crippen LogP contribution in [-0.4, -0.2) is 5.24 Å². The first kappa shape index (κ1) is 16.0. The predicted molar refractivity (Wildman–Crippen MR) is 86.5 cm³/mol. The van der Waals surface area contributed by atoms with Crippen molar-refractivity contribution in [2.24, 2.45) is 0 Å². The minimum atomic E-state index is -0.338. The Bertz CT molecular complexity index is 403. The summed E-state index contributed by atoms with van der Waals surface area (Å²) in [5.74, 6) is 0.448. The van der Waals surface area contributed by atoms with Crippen molar-refractivity contribution in [2.75, 3.05) is 0 Å². The fourth-order valence-corrected chi connectivity index (χ4v) is 2.96. The molecule has 0 saturated carbocycles. The highest BCUT2D eigenvalue weighted by molar-refractivity contribution is 14.1. The average molecular weight is 379 g/mol. The molecule has 0 bridgehead atoms. The van der Waals surface area contributed by atoms with E-state index < -0.39 is 0 Å². The van der Waals surface area contributed by atoms with Crippen LogP contribution < -0.4 is 0 Å². The van der Waals surface area contributed by atoms with Crippen molar-refractivity contribution in [1.82, 2.24) is 0 Å². The second-order valence-electron chi connectivity index (χ2n) is 4.61. The molecule has 1 aromatic carbocycles. The van der Waals surface area contributed by atoms with Crippen LogP contribution in [0.4, 0.5) is 0 Å². The van der Waals surface area contributed by atoms with Crippen molar-refractivity contribution in [1.29, 1.82) is 0 Å². The van der Waals surface area contributed by atoms with E-state index in [1.54, 1.807) is 0 Å². The molecule has 0 amide bonds. The standard InChI is InChI=1S/C15H20ClIO/c1-3-5-6-7-11(4-2)14-10-12(17)8-9-13(14)15(16)18/h8-11H,3-7H2,1-2H3. The minimum absolute atomic E-state index is 0.338. The van der Waals surface area contributed by atoms with Crippen molar-refractivity contribution in [3.8, 4) is 0 Å². The lowest BCUT2D eigenvalue weighted by Crippen LogP contribution is -2.05. The van der Waals surface area contributed by atoms with Gasteiger partial charge in [-0.15, -0.1) is 0 Å². The van der Waals surface area contributed by atoms with Crippen LogP contribution in [0.25, 0.3) is 0 Å². The number of unbranched alkanes of at least 4 members (excludes halogenated alkanes) is 2. The second kappa shape index (κ2) is 8.16. The van der Waals surface area contributed by atoms with E-state index >= 15 is 0 Å². The number of rotatable bonds is 7. The SMILES string of the molecule is CCCCCC(CC)c1cc(I)ccc1C(=O)Cl. The van der Waals surface area contributed by atoms with Crippen LogP contribution in [0, 0.1) is 3.57 Å². The molecule has 18 heavy (non-hydrogen) atoms. The average Bonchev–Trinajstić information content (AvgIpc) is 2.34. The first-order valence-electron chi connectivity index (χ1n) is 6.59. The monoisotopic (exact) mass is 378 g/mol. The minimum Gasteiger partial charge on any atom is -0.276 e. The van der Waals surface area contributed by atoms with Gasteiger partial charge in [0.15, 0.2) is 0 Å². The molecule has 100 valence electrons. The molecule has 0 aliphatic carbocycles. The van der Waals surface area contributed by atoms with Crippen LogP contribution in [0.5, 0.6) is 0 Å². The van der Waals surface area contributed by atoms with Gasteiger partial charge in [-0.3, -0.25) is 4.79 Å². The highest BCUT2D eigenvalue weighted by Gasteiger charge is 2.17. The molecule has 0 N–H and O–H groups in total. The van der Waals surface area contributed by atoms with Gasteiger partial charge in [0.25, 0.3) is 5.24 Å². The zero-order valence-electron chi connectivity index (χ0n) is 11.0. The molecule has 0 saturated heterocycles. The predicted octanol–water partition coefficient (Wildman–Crippen LogP) is 5.74. The second-order valence-corrected chi connectivity index (χ2v) is 6.20. The number of hydrogen-bond acceptors (Lipinski definition) is 1. The maximum absolute atomic E-state index is 11.5. The summed E-state index contributed by atoms with van der Waals surface area (Å²) in [5, 5.41) is -0.338. The summed E-state index contributed by atoms with van der Waals surface area (Å²) >= 11 is 7.97. The van der Waals surface area contributed by atoms with Crippen molar-refractivity contribution in [3.63, 3.8) is 0 Å². The first-order valence-corrected chi connectivity index (χ1v) is 8.05. The lowest BCUT2D eigenvalue weighted by molar-refractivity contribution is 0.108. The zero-order chi connectivity index (χ0) is 13.5. The highest BCUT2D eigenvalue weighted by atomic mass is 127. The summed E-state index contributed by atoms with van der Waals surface area (Å²) in [6.07, 6.45) is 5.90. The highest BCUT2D eigenvalue weighted by Crippen LogP contribution is 2.30. The summed E-state index contributed by atoms with van der Waals surface area (Å²) in [5.41, 5.74) is 1.81. The number of carbonyl (C=O) groups is 1. The topological polar surface area (TPSA) is 17.1 Å². The van der Waals surface area contributed by atoms with Gasteiger partial charge in [0.05, 0.1) is 0 Å². The summed E-state index contributed by atoms with van der Waals surface area (Å²) in [4.78, 5) is 11.5. The zero-order valence-corrected chi connectivity index (χ0v) is 13.9. The van der Waals surface area contributed by atoms with E-state index in [-0.39, 0.29) is 5.24 Å². The van der Waals surface area contributed by atoms with Crippen molar-refractivity contribution in [3.05, 3.63) is 32.9 Å². The summed E-state index contributed by atoms with van der Waals surface area (Å²) in [6.45, 7) is 4.39. The smallest absolute Gasteiger partial charge is 0.252 e. The Morgan fingerprint density at radius 1 is 1.33 bits per heavy atom. The van der Waals surface area contributed by atoms with Crippen LogP contribution in [0.2, 0.25) is 0 Å². The van der Waals surface area contributed by atoms with Crippen LogP contribution >= 0.6 is 34.2 Å². The van der Waals surface area contributed by atoms with Crippen LogP contribution in [0.1, 0.15) is 67.8 Å². The summed E-state index contributed by atoms with van der Waals surface area (Å²) in [6, 6.07) is 5.91. The van der Waals surface area contributed by atoms with Crippen LogP contribution in [0.15, 0.2) is 18.2 Å². The van der Waals surface area contributed by atoms with E-state index in [4.69, 9.17) is 11.6 Å². The number of halogens is 2. The number of hydrogen-bond donors (Lipinski definition) is 0. The van der Waals surface area contributed by atoms with Gasteiger partial charge in [0, 0.05) is 9.13 Å². The molecule has 1 nitrogen and oxygen atoms in total. The Balaban J connectivity index is 2.95. The third-order valence-electron chi connectivity index (χ3n) is 3.31. The van der Waals surface area contributed by atoms with Gasteiger partial charge in [-0.05, 0) is 76.7 Å². The lowest BCUT2D eigenvalue weighted by Gasteiger charge is -2.18. The van der Waals surface area contributed by atoms with Gasteiger partial charge >= 0.3 is 0 Å². The maximum atomic E-state index is 11.5. The van der Waals surface area contributed by atoms with Gasteiger partial charge in [0.1, 0.15) is 0 Å². The van der Waals surface area contributed by atoms with E-state index in [1.807, 2.05) is 12.1 Å². The number of carbonyl (C=O) groups excluding carboxylic acids is 1. The third kappa shape index (κ3) is 4.54. The van der Waals surface area contributed by atoms with Gasteiger partial charge in [-0.1, -0.05) is 33.1 Å². The molecule has 0 heterocycles. The van der Waals surface area contributed by atoms with E-state index in [0.717, 1.165) is 18.4 Å². The van der Waals surface area contributed by atoms with Gasteiger partial charge in [-0.2, -0.15) is 0 Å². The fourth-order valence-electron chi connectivity index (χ4n) is 2.27. The Labute approximate surface area is 128 Å². The van der Waals surface area contributed by atoms with Crippen LogP contribution in [-0.2, 0) is 0 Å². The molecule has 1 rings (SSSR count). The lowest BCUT2D eigenvalue weighted by atomic mass is 9.88. The molecule has 3 heteroatoms. The first-order chi connectivity index (χ1) is 8.60. The Morgan fingerprint density at radius 3 is 2.61 bits per heavy atom. The normalized spacial score (nSPS) is 12.4. The quantitative estimate of drug-likeness (QED) is 0.336. The van der Waals surface area contributed by atoms with Crippen molar-refractivity contribution in [2.45, 2.75) is 51.9 Å². The maximum Gasteiger partial charge on any atom is 0.252 e. The Morgan fingerprint density at radius 2 is 2.06 bits per heavy atom. The molecule has 0 radical (unpaired) electrons. The van der Waals surface area contributed by atoms with E-state index in [9.17, 15) is 4.79 Å². The van der Waals surface area contributed by atoms with E-state index in [2.05, 4.69) is 42.5 Å². The molecule has 0 spiro atoms. The molecular weight excluding hydrogens is 359 g/mol. The molecule has 1 unspecified atom stereocenters. The summed E-state index contributed by atoms with van der Waals surface area (Å²) in [7, 11) is 0.